The molecular weight excluding hydrogens is 374 g/mol. The zero-order valence-corrected chi connectivity index (χ0v) is 18.6. The highest BCUT2D eigenvalue weighted by molar-refractivity contribution is 7.91. The van der Waals surface area contributed by atoms with Gasteiger partial charge in [0.15, 0.2) is 0 Å². The second-order valence-electron chi connectivity index (χ2n) is 8.73. The lowest BCUT2D eigenvalue weighted by Crippen LogP contribution is -2.33. The first-order valence-corrected chi connectivity index (χ1v) is 10.7. The molecule has 2 aromatic rings. The molecule has 0 saturated carbocycles. The van der Waals surface area contributed by atoms with Gasteiger partial charge in [0.1, 0.15) is 27.5 Å². The molecule has 1 aliphatic heterocycles. The summed E-state index contributed by atoms with van der Waals surface area (Å²) in [6, 6.07) is 3.80. The van der Waals surface area contributed by atoms with Crippen LogP contribution in [-0.4, -0.2) is 31.2 Å². The lowest BCUT2D eigenvalue weighted by Gasteiger charge is -2.25. The minimum Gasteiger partial charge on any atom is -0.591 e. The minimum absolute atomic E-state index is 0.105. The molecule has 0 radical (unpaired) electrons. The summed E-state index contributed by atoms with van der Waals surface area (Å²) in [5.41, 5.74) is 2.20. The maximum Gasteiger partial charge on any atom is 0.261 e. The van der Waals surface area contributed by atoms with Gasteiger partial charge >= 0.3 is 0 Å². The Morgan fingerprint density at radius 1 is 1.39 bits per heavy atom. The summed E-state index contributed by atoms with van der Waals surface area (Å²) >= 11 is -1.39. The molecule has 1 aromatic heterocycles. The van der Waals surface area contributed by atoms with E-state index >= 15 is 0 Å². The van der Waals surface area contributed by atoms with Crippen molar-refractivity contribution in [3.05, 3.63) is 39.4 Å². The number of benzene rings is 1. The zero-order chi connectivity index (χ0) is 20.9. The average molecular weight is 404 g/mol. The first-order chi connectivity index (χ1) is 12.9. The van der Waals surface area contributed by atoms with E-state index in [1.807, 2.05) is 53.7 Å². The fourth-order valence-corrected chi connectivity index (χ4v) is 4.16. The van der Waals surface area contributed by atoms with Crippen LogP contribution in [0.25, 0.3) is 10.9 Å². The van der Waals surface area contributed by atoms with Gasteiger partial charge < -0.3 is 9.29 Å². The molecule has 0 amide bonds. The molecule has 0 aliphatic carbocycles. The van der Waals surface area contributed by atoms with E-state index in [0.29, 0.717) is 29.0 Å². The summed E-state index contributed by atoms with van der Waals surface area (Å²) in [5, 5.41) is 0.541. The predicted octanol–water partition coefficient (Wildman–Crippen LogP) is 3.54. The van der Waals surface area contributed by atoms with E-state index in [0.717, 1.165) is 24.0 Å². The fourth-order valence-electron chi connectivity index (χ4n) is 3.53. The molecule has 7 heteroatoms. The first kappa shape index (κ1) is 21.0. The van der Waals surface area contributed by atoms with Gasteiger partial charge in [-0.1, -0.05) is 4.40 Å². The molecule has 0 bridgehead atoms. The number of fused-ring (bicyclic) bond motifs is 1. The van der Waals surface area contributed by atoms with E-state index in [1.165, 1.54) is 0 Å². The molecule has 28 heavy (non-hydrogen) atoms. The second-order valence-corrected chi connectivity index (χ2v) is 10.6. The zero-order valence-electron chi connectivity index (χ0n) is 17.8. The van der Waals surface area contributed by atoms with E-state index < -0.39 is 21.7 Å². The Labute approximate surface area is 169 Å². The van der Waals surface area contributed by atoms with Crippen LogP contribution in [-0.2, 0) is 28.7 Å². The topological polar surface area (TPSA) is 79.5 Å². The maximum atomic E-state index is 13.1. The van der Waals surface area contributed by atoms with Crippen LogP contribution in [0.2, 0.25) is 0 Å². The van der Waals surface area contributed by atoms with Crippen molar-refractivity contribution in [1.29, 1.82) is 0 Å². The van der Waals surface area contributed by atoms with Crippen molar-refractivity contribution in [3.8, 4) is 0 Å². The average Bonchev–Trinajstić information content (AvgIpc) is 3.04. The van der Waals surface area contributed by atoms with Gasteiger partial charge in [0.25, 0.3) is 5.56 Å². The number of ether oxygens (including phenoxy) is 1. The monoisotopic (exact) mass is 403 g/mol. The first-order valence-electron chi connectivity index (χ1n) is 9.57. The Kier molecular flexibility index (Phi) is 5.47. The largest absolute Gasteiger partial charge is 0.591 e. The molecule has 6 nitrogen and oxygen atoms in total. The van der Waals surface area contributed by atoms with E-state index in [2.05, 4.69) is 4.40 Å². The Morgan fingerprint density at radius 2 is 2.07 bits per heavy atom. The van der Waals surface area contributed by atoms with Crippen molar-refractivity contribution >= 4 is 28.0 Å². The summed E-state index contributed by atoms with van der Waals surface area (Å²) in [7, 11) is 1.74. The van der Waals surface area contributed by atoms with Crippen molar-refractivity contribution in [2.45, 2.75) is 64.7 Å². The van der Waals surface area contributed by atoms with Crippen LogP contribution < -0.4 is 5.56 Å². The van der Waals surface area contributed by atoms with Crippen LogP contribution in [0.1, 0.15) is 64.4 Å². The Balaban J connectivity index is 2.28. The van der Waals surface area contributed by atoms with Crippen LogP contribution in [0.15, 0.2) is 21.3 Å². The molecule has 1 saturated heterocycles. The third-order valence-electron chi connectivity index (χ3n) is 5.15. The van der Waals surface area contributed by atoms with Gasteiger partial charge in [-0.3, -0.25) is 9.36 Å². The molecule has 152 valence electrons. The van der Waals surface area contributed by atoms with Gasteiger partial charge in [-0.2, -0.15) is 0 Å². The van der Waals surface area contributed by atoms with Gasteiger partial charge in [0.2, 0.25) is 0 Å². The fraction of sp³-hybridized carbons (Fsp3) is 0.571. The molecule has 3 rings (SSSR count). The Morgan fingerprint density at radius 3 is 2.64 bits per heavy atom. The highest BCUT2D eigenvalue weighted by Crippen LogP contribution is 2.34. The molecule has 1 aromatic carbocycles. The number of nitrogens with zero attached hydrogens (tertiary/aromatic N) is 3. The van der Waals surface area contributed by atoms with Crippen LogP contribution in [0.3, 0.4) is 0 Å². The van der Waals surface area contributed by atoms with Gasteiger partial charge in [0.05, 0.1) is 16.6 Å². The Hall–Kier alpha value is -1.70. The van der Waals surface area contributed by atoms with Crippen LogP contribution in [0.5, 0.6) is 0 Å². The lowest BCUT2D eigenvalue weighted by molar-refractivity contribution is 0.00638. The van der Waals surface area contributed by atoms with Crippen molar-refractivity contribution < 1.29 is 9.29 Å². The second kappa shape index (κ2) is 7.28. The van der Waals surface area contributed by atoms with Gasteiger partial charge in [0, 0.05) is 19.2 Å². The SMILES string of the molecule is C/C(=N/[S@+]([O-])C(C)(C)C)c1cc(C)cc2c(=O)n(C)c(C3(C)CCCO3)nc12. The molecule has 0 N–H and O–H groups in total. The van der Waals surface area contributed by atoms with Gasteiger partial charge in [-0.05, 0) is 72.1 Å². The normalized spacial score (nSPS) is 22.1. The molecule has 1 fully saturated rings. The summed E-state index contributed by atoms with van der Waals surface area (Å²) in [4.78, 5) is 18.0. The predicted molar refractivity (Wildman–Crippen MR) is 114 cm³/mol. The quantitative estimate of drug-likeness (QED) is 0.580. The summed E-state index contributed by atoms with van der Waals surface area (Å²) in [5.74, 6) is 0.623. The van der Waals surface area contributed by atoms with Crippen molar-refractivity contribution in [3.63, 3.8) is 0 Å². The van der Waals surface area contributed by atoms with Gasteiger partial charge in [-0.15, -0.1) is 0 Å². The molecule has 2 heterocycles. The smallest absolute Gasteiger partial charge is 0.261 e. The van der Waals surface area contributed by atoms with E-state index in [9.17, 15) is 9.35 Å². The molecule has 0 spiro atoms. The molecular formula is C21H29N3O3S. The number of aromatic nitrogens is 2. The Bertz CT molecular complexity index is 999. The summed E-state index contributed by atoms with van der Waals surface area (Å²) < 4.78 is 24.0. The summed E-state index contributed by atoms with van der Waals surface area (Å²) in [6.45, 7) is 12.1. The third-order valence-corrected chi connectivity index (χ3v) is 6.64. The van der Waals surface area contributed by atoms with Crippen molar-refractivity contribution in [1.82, 2.24) is 9.55 Å². The number of rotatable bonds is 3. The third kappa shape index (κ3) is 3.75. The molecule has 2 atom stereocenters. The minimum atomic E-state index is -1.39. The number of aryl methyl sites for hydroxylation is 1. The molecule has 1 unspecified atom stereocenters. The lowest BCUT2D eigenvalue weighted by atomic mass is 9.99. The van der Waals surface area contributed by atoms with Crippen LogP contribution >= 0.6 is 0 Å². The van der Waals surface area contributed by atoms with E-state index in [1.54, 1.807) is 11.6 Å². The van der Waals surface area contributed by atoms with Crippen LogP contribution in [0, 0.1) is 6.92 Å². The highest BCUT2D eigenvalue weighted by atomic mass is 32.2. The van der Waals surface area contributed by atoms with E-state index in [-0.39, 0.29) is 5.56 Å². The molecule has 1 aliphatic rings. The van der Waals surface area contributed by atoms with E-state index in [4.69, 9.17) is 9.72 Å². The number of hydrogen-bond acceptors (Lipinski definition) is 5. The van der Waals surface area contributed by atoms with Crippen molar-refractivity contribution in [2.24, 2.45) is 11.4 Å². The summed E-state index contributed by atoms with van der Waals surface area (Å²) in [6.07, 6.45) is 1.76. The maximum absolute atomic E-state index is 13.1. The standard InChI is InChI=1S/C21H29N3O3S/c1-13-11-15(14(2)23-28(26)20(3,4)5)17-16(12-13)18(25)24(7)19(22-17)21(6)9-8-10-27-21/h11-12H,8-10H2,1-7H3/b23-14-/t21?,28-/m1/s1. The van der Waals surface area contributed by atoms with Crippen LogP contribution in [0.4, 0.5) is 0 Å². The number of hydrogen-bond donors (Lipinski definition) is 0. The van der Waals surface area contributed by atoms with Crippen molar-refractivity contribution in [2.75, 3.05) is 6.61 Å². The highest BCUT2D eigenvalue weighted by Gasteiger charge is 2.36. The van der Waals surface area contributed by atoms with Gasteiger partial charge in [-0.25, -0.2) is 4.98 Å².